The fourth-order valence-corrected chi connectivity index (χ4v) is 3.98. The van der Waals surface area contributed by atoms with Gasteiger partial charge in [0.15, 0.2) is 0 Å². The number of carbonyl (C=O) groups excluding carboxylic acids is 3. The standard InChI is InChI=1S/C18H31N3O8S/c1-6-14(22)27-10-17(2,3)18(4,5)11-28-30(25,26)29-21-12-7-8-13(15(19)23)20(9-12)16(21)24/h12-13H,6-11H2,1-5H3,(H2,19,23). The number of nitrogens with zero attached hydrogens (tertiary/aromatic N) is 2. The molecule has 0 spiro atoms. The zero-order valence-electron chi connectivity index (χ0n) is 18.0. The first-order chi connectivity index (χ1) is 13.7. The molecule has 0 aliphatic carbocycles. The number of primary amides is 1. The second-order valence-electron chi connectivity index (χ2n) is 8.94. The smallest absolute Gasteiger partial charge is 0.421 e. The normalized spacial score (nSPS) is 22.4. The number of ether oxygens (including phenoxy) is 1. The number of esters is 1. The summed E-state index contributed by atoms with van der Waals surface area (Å²) in [5.74, 6) is -0.991. The van der Waals surface area contributed by atoms with Crippen LogP contribution in [0.25, 0.3) is 0 Å². The maximum atomic E-state index is 12.5. The highest BCUT2D eigenvalue weighted by atomic mass is 32.3. The summed E-state index contributed by atoms with van der Waals surface area (Å²) in [4.78, 5) is 36.6. The van der Waals surface area contributed by atoms with Crippen molar-refractivity contribution in [3.05, 3.63) is 0 Å². The van der Waals surface area contributed by atoms with Crippen molar-refractivity contribution in [2.75, 3.05) is 19.8 Å². The first kappa shape index (κ1) is 24.4. The Morgan fingerprint density at radius 2 is 1.73 bits per heavy atom. The predicted octanol–water partition coefficient (Wildman–Crippen LogP) is 0.939. The highest BCUT2D eigenvalue weighted by Gasteiger charge is 2.49. The summed E-state index contributed by atoms with van der Waals surface area (Å²) in [6.07, 6.45) is 0.963. The van der Waals surface area contributed by atoms with E-state index in [1.165, 1.54) is 4.90 Å². The highest BCUT2D eigenvalue weighted by Crippen LogP contribution is 2.39. The Morgan fingerprint density at radius 3 is 2.30 bits per heavy atom. The van der Waals surface area contributed by atoms with Crippen molar-refractivity contribution >= 4 is 28.3 Å². The van der Waals surface area contributed by atoms with Crippen LogP contribution in [0.5, 0.6) is 0 Å². The molecule has 2 aliphatic heterocycles. The van der Waals surface area contributed by atoms with E-state index in [1.807, 2.05) is 13.8 Å². The number of hydrogen-bond donors (Lipinski definition) is 1. The lowest BCUT2D eigenvalue weighted by molar-refractivity contribution is -0.149. The molecule has 2 heterocycles. The van der Waals surface area contributed by atoms with Crippen molar-refractivity contribution in [3.8, 4) is 0 Å². The van der Waals surface area contributed by atoms with E-state index in [2.05, 4.69) is 0 Å². The molecule has 0 aromatic carbocycles. The van der Waals surface area contributed by atoms with Gasteiger partial charge in [-0.1, -0.05) is 34.6 Å². The second kappa shape index (κ2) is 8.67. The molecule has 0 aromatic heterocycles. The van der Waals surface area contributed by atoms with Gasteiger partial charge < -0.3 is 15.4 Å². The van der Waals surface area contributed by atoms with Gasteiger partial charge >= 0.3 is 22.4 Å². The maximum Gasteiger partial charge on any atom is 0.421 e. The Kier molecular flexibility index (Phi) is 7.04. The zero-order chi connectivity index (χ0) is 22.9. The van der Waals surface area contributed by atoms with Gasteiger partial charge in [-0.25, -0.2) is 8.98 Å². The van der Waals surface area contributed by atoms with Crippen LogP contribution in [0.3, 0.4) is 0 Å². The number of rotatable bonds is 10. The van der Waals surface area contributed by atoms with Gasteiger partial charge in [-0.3, -0.25) is 9.59 Å². The van der Waals surface area contributed by atoms with Crippen LogP contribution < -0.4 is 5.73 Å². The SMILES string of the molecule is CCC(=O)OCC(C)(C)C(C)(C)COS(=O)(=O)ON1C(=O)N2CC1CCC2C(N)=O. The van der Waals surface area contributed by atoms with Gasteiger partial charge in [-0.05, 0) is 18.3 Å². The van der Waals surface area contributed by atoms with Crippen molar-refractivity contribution < 1.29 is 36.0 Å². The molecule has 11 nitrogen and oxygen atoms in total. The number of fused-ring (bicyclic) bond motifs is 2. The van der Waals surface area contributed by atoms with E-state index in [0.717, 1.165) is 5.06 Å². The van der Waals surface area contributed by atoms with Gasteiger partial charge in [0.25, 0.3) is 0 Å². The number of amides is 3. The summed E-state index contributed by atoms with van der Waals surface area (Å²) in [5, 5.41) is 0.736. The minimum absolute atomic E-state index is 0.0904. The number of nitrogens with two attached hydrogens (primary N) is 1. The second-order valence-corrected chi connectivity index (χ2v) is 10.1. The van der Waals surface area contributed by atoms with E-state index in [1.54, 1.807) is 20.8 Å². The molecule has 3 amide bonds. The first-order valence-corrected chi connectivity index (χ1v) is 11.2. The van der Waals surface area contributed by atoms with Gasteiger partial charge in [0.1, 0.15) is 6.04 Å². The molecule has 0 aromatic rings. The third-order valence-electron chi connectivity index (χ3n) is 6.10. The van der Waals surface area contributed by atoms with Gasteiger partial charge in [-0.15, -0.1) is 4.28 Å². The summed E-state index contributed by atoms with van der Waals surface area (Å²) in [7, 11) is -4.55. The van der Waals surface area contributed by atoms with E-state index in [-0.39, 0.29) is 32.1 Å². The Morgan fingerprint density at radius 1 is 1.13 bits per heavy atom. The zero-order valence-corrected chi connectivity index (χ0v) is 18.9. The van der Waals surface area contributed by atoms with E-state index in [4.69, 9.17) is 18.9 Å². The Labute approximate surface area is 177 Å². The lowest BCUT2D eigenvalue weighted by Crippen LogP contribution is -2.47. The Balaban J connectivity index is 1.99. The lowest BCUT2D eigenvalue weighted by atomic mass is 9.69. The monoisotopic (exact) mass is 449 g/mol. The van der Waals surface area contributed by atoms with Gasteiger partial charge in [0, 0.05) is 18.4 Å². The molecule has 30 heavy (non-hydrogen) atoms. The highest BCUT2D eigenvalue weighted by molar-refractivity contribution is 7.81. The van der Waals surface area contributed by atoms with E-state index >= 15 is 0 Å². The Bertz CT molecular complexity index is 795. The van der Waals surface area contributed by atoms with E-state index in [9.17, 15) is 22.8 Å². The number of hydroxylamine groups is 2. The topological polar surface area (TPSA) is 146 Å². The Hall–Kier alpha value is -1.92. The van der Waals surface area contributed by atoms with Crippen molar-refractivity contribution in [2.24, 2.45) is 16.6 Å². The molecule has 2 saturated heterocycles. The lowest BCUT2D eigenvalue weighted by Gasteiger charge is -2.40. The summed E-state index contributed by atoms with van der Waals surface area (Å²) >= 11 is 0. The summed E-state index contributed by atoms with van der Waals surface area (Å²) in [6.45, 7) is 8.89. The number of hydrogen-bond acceptors (Lipinski definition) is 8. The van der Waals surface area contributed by atoms with Crippen LogP contribution in [0.2, 0.25) is 0 Å². The first-order valence-electron chi connectivity index (χ1n) is 9.84. The van der Waals surface area contributed by atoms with E-state index in [0.29, 0.717) is 12.8 Å². The van der Waals surface area contributed by atoms with Crippen LogP contribution in [0.1, 0.15) is 53.9 Å². The molecule has 2 bridgehead atoms. The molecule has 2 fully saturated rings. The fraction of sp³-hybridized carbons (Fsp3) is 0.833. The summed E-state index contributed by atoms with van der Waals surface area (Å²) in [6, 6.07) is -2.03. The van der Waals surface area contributed by atoms with Crippen molar-refractivity contribution in [2.45, 2.75) is 66.0 Å². The molecule has 0 radical (unpaired) electrons. The van der Waals surface area contributed by atoms with Crippen LogP contribution >= 0.6 is 0 Å². The van der Waals surface area contributed by atoms with Crippen molar-refractivity contribution in [1.29, 1.82) is 0 Å². The number of urea groups is 1. The predicted molar refractivity (Wildman–Crippen MR) is 105 cm³/mol. The molecule has 172 valence electrons. The minimum atomic E-state index is -4.55. The quantitative estimate of drug-likeness (QED) is 0.485. The molecule has 12 heteroatoms. The molecule has 2 N–H and O–H groups in total. The molecule has 2 rings (SSSR count). The van der Waals surface area contributed by atoms with Crippen LogP contribution in [-0.4, -0.2) is 68.1 Å². The molecule has 2 aliphatic rings. The van der Waals surface area contributed by atoms with Crippen LogP contribution in [0.15, 0.2) is 0 Å². The minimum Gasteiger partial charge on any atom is -0.465 e. The fourth-order valence-electron chi connectivity index (χ4n) is 3.12. The third-order valence-corrected chi connectivity index (χ3v) is 6.85. The van der Waals surface area contributed by atoms with Crippen LogP contribution in [-0.2, 0) is 33.2 Å². The van der Waals surface area contributed by atoms with Gasteiger partial charge in [0.2, 0.25) is 5.91 Å². The van der Waals surface area contributed by atoms with E-state index < -0.39 is 45.3 Å². The molecular weight excluding hydrogens is 418 g/mol. The number of piperidine rings is 1. The summed E-state index contributed by atoms with van der Waals surface area (Å²) in [5.41, 5.74) is 3.99. The largest absolute Gasteiger partial charge is 0.465 e. The summed E-state index contributed by atoms with van der Waals surface area (Å²) < 4.78 is 40.0. The average Bonchev–Trinajstić information content (AvgIpc) is 2.88. The van der Waals surface area contributed by atoms with Crippen molar-refractivity contribution in [3.63, 3.8) is 0 Å². The van der Waals surface area contributed by atoms with Gasteiger partial charge in [0.05, 0.1) is 19.3 Å². The average molecular weight is 450 g/mol. The molecule has 2 unspecified atom stereocenters. The van der Waals surface area contributed by atoms with Crippen LogP contribution in [0, 0.1) is 10.8 Å². The molecule has 0 saturated carbocycles. The molecule has 2 atom stereocenters. The maximum absolute atomic E-state index is 12.5. The van der Waals surface area contributed by atoms with Gasteiger partial charge in [-0.2, -0.15) is 13.5 Å². The molecular formula is C18H31N3O8S. The van der Waals surface area contributed by atoms with Crippen LogP contribution in [0.4, 0.5) is 4.79 Å². The third kappa shape index (κ3) is 5.22. The number of carbonyl (C=O) groups is 3. The van der Waals surface area contributed by atoms with Crippen molar-refractivity contribution in [1.82, 2.24) is 9.96 Å².